The molecule has 13 heteroatoms. The average Bonchev–Trinajstić information content (AvgIpc) is 3.25. The Hall–Kier alpha value is -2.35. The number of sulfonamides is 1. The highest BCUT2D eigenvalue weighted by Crippen LogP contribution is 2.33. The molecule has 0 fully saturated rings. The minimum absolute atomic E-state index is 0.115. The van der Waals surface area contributed by atoms with Crippen molar-refractivity contribution in [3.63, 3.8) is 0 Å². The molecule has 3 N–H and O–H groups in total. The van der Waals surface area contributed by atoms with Crippen LogP contribution in [0.3, 0.4) is 0 Å². The summed E-state index contributed by atoms with van der Waals surface area (Å²) in [6, 6.07) is 5.50. The molecule has 0 saturated heterocycles. The molecule has 0 aliphatic carbocycles. The molecule has 3 aromatic rings. The lowest BCUT2D eigenvalue weighted by Gasteiger charge is -2.12. The van der Waals surface area contributed by atoms with Gasteiger partial charge in [-0.3, -0.25) is 9.48 Å². The quantitative estimate of drug-likeness (QED) is 0.459. The molecule has 0 bridgehead atoms. The minimum atomic E-state index is -3.85. The van der Waals surface area contributed by atoms with Gasteiger partial charge in [-0.1, -0.05) is 13.0 Å². The van der Waals surface area contributed by atoms with Crippen LogP contribution in [0.15, 0.2) is 30.6 Å². The minimum Gasteiger partial charge on any atom is -0.354 e. The van der Waals surface area contributed by atoms with Gasteiger partial charge >= 0.3 is 0 Å². The Morgan fingerprint density at radius 1 is 1.26 bits per heavy atom. The van der Waals surface area contributed by atoms with E-state index in [1.54, 1.807) is 12.3 Å². The summed E-state index contributed by atoms with van der Waals surface area (Å²) in [6.07, 6.45) is 5.60. The number of primary sulfonamides is 1. The van der Waals surface area contributed by atoms with Crippen LogP contribution in [0.5, 0.6) is 0 Å². The normalized spacial score (nSPS) is 13.4. The molecule has 0 aliphatic rings. The second-order valence-corrected chi connectivity index (χ2v) is 12.0. The first-order valence-corrected chi connectivity index (χ1v) is 13.9. The van der Waals surface area contributed by atoms with Gasteiger partial charge in [0.15, 0.2) is 15.1 Å². The summed E-state index contributed by atoms with van der Waals surface area (Å²) in [7, 11) is -7.64. The van der Waals surface area contributed by atoms with Gasteiger partial charge in [-0.05, 0) is 24.1 Å². The number of benzene rings is 1. The Balaban J connectivity index is 1.90. The Labute approximate surface area is 184 Å². The van der Waals surface area contributed by atoms with Crippen molar-refractivity contribution in [3.8, 4) is 11.1 Å². The maximum absolute atomic E-state index is 12.5. The number of nitrogens with two attached hydrogens (primary N) is 1. The van der Waals surface area contributed by atoms with E-state index in [-0.39, 0.29) is 11.6 Å². The standard InChI is InChI=1S/C18H23N5O5S3/c1-3-7-23-11-13(10-21-23)12-4-5-14-15(9-12)29-18(22-14)16(30(2,25)26)17(24)20-6-8-31(19,27)28/h4-5,9-11,16H,3,6-8H2,1-2H3,(H,20,24)(H2,19,27,28). The van der Waals surface area contributed by atoms with Crippen molar-refractivity contribution < 1.29 is 21.6 Å². The molecule has 0 spiro atoms. The molecule has 0 radical (unpaired) electrons. The van der Waals surface area contributed by atoms with Crippen LogP contribution in [0.2, 0.25) is 0 Å². The van der Waals surface area contributed by atoms with Crippen LogP contribution in [0.1, 0.15) is 23.6 Å². The molecular weight excluding hydrogens is 462 g/mol. The number of rotatable bonds is 9. The Bertz CT molecular complexity index is 1310. The number of carbonyl (C=O) groups excluding carboxylic acids is 1. The number of nitrogens with one attached hydrogen (secondary N) is 1. The van der Waals surface area contributed by atoms with Crippen LogP contribution in [-0.2, 0) is 31.2 Å². The van der Waals surface area contributed by atoms with Gasteiger partial charge in [-0.2, -0.15) is 5.10 Å². The van der Waals surface area contributed by atoms with Crippen molar-refractivity contribution in [2.45, 2.75) is 25.1 Å². The highest BCUT2D eigenvalue weighted by molar-refractivity contribution is 7.91. The topological polar surface area (TPSA) is 154 Å². The van der Waals surface area contributed by atoms with Crippen molar-refractivity contribution in [2.75, 3.05) is 18.6 Å². The molecule has 1 amide bonds. The molecule has 1 atom stereocenters. The fourth-order valence-electron chi connectivity index (χ4n) is 3.00. The van der Waals surface area contributed by atoms with E-state index in [0.717, 1.165) is 46.4 Å². The first kappa shape index (κ1) is 23.3. The fraction of sp³-hybridized carbons (Fsp3) is 0.389. The Morgan fingerprint density at radius 2 is 2.00 bits per heavy atom. The van der Waals surface area contributed by atoms with Crippen LogP contribution < -0.4 is 10.5 Å². The summed E-state index contributed by atoms with van der Waals surface area (Å²) in [6.45, 7) is 2.58. The Kier molecular flexibility index (Phi) is 6.79. The number of hydrogen-bond donors (Lipinski definition) is 2. The zero-order valence-corrected chi connectivity index (χ0v) is 19.4. The number of amides is 1. The number of thiazole rings is 1. The van der Waals surface area contributed by atoms with Crippen molar-refractivity contribution in [2.24, 2.45) is 5.14 Å². The summed E-state index contributed by atoms with van der Waals surface area (Å²) < 4.78 is 49.3. The molecule has 1 aromatic carbocycles. The maximum atomic E-state index is 12.5. The van der Waals surface area contributed by atoms with Crippen LogP contribution in [0, 0.1) is 0 Å². The number of aromatic nitrogens is 3. The van der Waals surface area contributed by atoms with Gasteiger partial charge < -0.3 is 5.32 Å². The molecule has 2 heterocycles. The van der Waals surface area contributed by atoms with Gasteiger partial charge in [-0.25, -0.2) is 27.0 Å². The third-order valence-corrected chi connectivity index (χ3v) is 7.70. The summed E-state index contributed by atoms with van der Waals surface area (Å²) in [5.74, 6) is -1.34. The van der Waals surface area contributed by atoms with E-state index in [9.17, 15) is 21.6 Å². The van der Waals surface area contributed by atoms with E-state index < -0.39 is 36.8 Å². The Morgan fingerprint density at radius 3 is 2.65 bits per heavy atom. The molecular formula is C18H23N5O5S3. The van der Waals surface area contributed by atoms with Gasteiger partial charge in [0.05, 0.1) is 22.2 Å². The molecule has 1 unspecified atom stereocenters. The first-order valence-electron chi connectivity index (χ1n) is 9.38. The second kappa shape index (κ2) is 9.02. The highest BCUT2D eigenvalue weighted by Gasteiger charge is 2.34. The predicted molar refractivity (Wildman–Crippen MR) is 120 cm³/mol. The van der Waals surface area contributed by atoms with E-state index in [1.165, 1.54) is 0 Å². The van der Waals surface area contributed by atoms with Crippen molar-refractivity contribution in [1.29, 1.82) is 0 Å². The van der Waals surface area contributed by atoms with E-state index >= 15 is 0 Å². The third kappa shape index (κ3) is 5.87. The van der Waals surface area contributed by atoms with Gasteiger partial charge in [0.25, 0.3) is 0 Å². The molecule has 10 nitrogen and oxygen atoms in total. The number of hydrogen-bond acceptors (Lipinski definition) is 8. The maximum Gasteiger partial charge on any atom is 0.245 e. The lowest BCUT2D eigenvalue weighted by Crippen LogP contribution is -2.37. The fourth-order valence-corrected chi connectivity index (χ4v) is 5.93. The van der Waals surface area contributed by atoms with Gasteiger partial charge in [0.1, 0.15) is 5.01 Å². The lowest BCUT2D eigenvalue weighted by atomic mass is 10.1. The number of fused-ring (bicyclic) bond motifs is 1. The molecule has 0 aliphatic heterocycles. The molecule has 3 rings (SSSR count). The van der Waals surface area contributed by atoms with Crippen molar-refractivity contribution in [1.82, 2.24) is 20.1 Å². The summed E-state index contributed by atoms with van der Waals surface area (Å²) in [4.78, 5) is 16.9. The lowest BCUT2D eigenvalue weighted by molar-refractivity contribution is -0.120. The van der Waals surface area contributed by atoms with Crippen molar-refractivity contribution in [3.05, 3.63) is 35.6 Å². The largest absolute Gasteiger partial charge is 0.354 e. The van der Waals surface area contributed by atoms with Crippen LogP contribution in [-0.4, -0.2) is 56.1 Å². The van der Waals surface area contributed by atoms with Crippen molar-refractivity contribution >= 4 is 47.3 Å². The van der Waals surface area contributed by atoms with Crippen LogP contribution >= 0.6 is 11.3 Å². The summed E-state index contributed by atoms with van der Waals surface area (Å²) in [5, 5.41) is 10.1. The average molecular weight is 486 g/mol. The number of nitrogens with zero attached hydrogens (tertiary/aromatic N) is 3. The van der Waals surface area contributed by atoms with Gasteiger partial charge in [0.2, 0.25) is 15.9 Å². The van der Waals surface area contributed by atoms with Gasteiger partial charge in [0, 0.05) is 31.1 Å². The summed E-state index contributed by atoms with van der Waals surface area (Å²) >= 11 is 1.10. The predicted octanol–water partition coefficient (Wildman–Crippen LogP) is 1.06. The summed E-state index contributed by atoms with van der Waals surface area (Å²) in [5.41, 5.74) is 2.39. The molecule has 0 saturated carbocycles. The smallest absolute Gasteiger partial charge is 0.245 e. The van der Waals surface area contributed by atoms with E-state index in [1.807, 2.05) is 23.0 Å². The first-order chi connectivity index (χ1) is 14.5. The van der Waals surface area contributed by atoms with E-state index in [4.69, 9.17) is 5.14 Å². The van der Waals surface area contributed by atoms with E-state index in [0.29, 0.717) is 5.52 Å². The van der Waals surface area contributed by atoms with Crippen LogP contribution in [0.25, 0.3) is 21.3 Å². The number of carbonyl (C=O) groups is 1. The molecule has 31 heavy (non-hydrogen) atoms. The van der Waals surface area contributed by atoms with Crippen LogP contribution in [0.4, 0.5) is 0 Å². The third-order valence-electron chi connectivity index (χ3n) is 4.40. The molecule has 168 valence electrons. The monoisotopic (exact) mass is 485 g/mol. The number of sulfone groups is 1. The van der Waals surface area contributed by atoms with E-state index in [2.05, 4.69) is 22.3 Å². The number of aryl methyl sites for hydroxylation is 1. The SMILES string of the molecule is CCCn1cc(-c2ccc3nc(C(C(=O)NCCS(N)(=O)=O)S(C)(=O)=O)sc3c2)cn1. The second-order valence-electron chi connectivity index (χ2n) is 7.09. The van der Waals surface area contributed by atoms with Gasteiger partial charge in [-0.15, -0.1) is 11.3 Å². The highest BCUT2D eigenvalue weighted by atomic mass is 32.2. The zero-order chi connectivity index (χ0) is 22.8. The zero-order valence-electron chi connectivity index (χ0n) is 17.0. The molecule has 2 aromatic heterocycles.